The van der Waals surface area contributed by atoms with Crippen molar-refractivity contribution in [1.29, 1.82) is 0 Å². The molecule has 2 rings (SSSR count). The first-order valence-electron chi connectivity index (χ1n) is 5.25. The molecule has 0 amide bonds. The minimum atomic E-state index is -0.915. The molecule has 4 nitrogen and oxygen atoms in total. The van der Waals surface area contributed by atoms with Crippen LogP contribution in [0.2, 0.25) is 0 Å². The van der Waals surface area contributed by atoms with Crippen LogP contribution in [0.3, 0.4) is 0 Å². The molecule has 6 heteroatoms. The molecule has 1 aromatic heterocycles. The van der Waals surface area contributed by atoms with Crippen LogP contribution in [-0.4, -0.2) is 16.1 Å². The molecule has 0 spiro atoms. The Kier molecular flexibility index (Phi) is 4.11. The highest BCUT2D eigenvalue weighted by Crippen LogP contribution is 2.27. The van der Waals surface area contributed by atoms with Gasteiger partial charge in [0.05, 0.1) is 18.2 Å². The van der Waals surface area contributed by atoms with Crippen LogP contribution in [0, 0.1) is 0 Å². The van der Waals surface area contributed by atoms with Gasteiger partial charge in [0.25, 0.3) is 0 Å². The number of hydrogen-bond donors (Lipinski definition) is 2. The van der Waals surface area contributed by atoms with Crippen LogP contribution >= 0.6 is 27.3 Å². The van der Waals surface area contributed by atoms with Gasteiger partial charge in [-0.05, 0) is 12.1 Å². The van der Waals surface area contributed by atoms with Gasteiger partial charge in [-0.2, -0.15) is 0 Å². The van der Waals surface area contributed by atoms with Gasteiger partial charge in [-0.15, -0.1) is 11.3 Å². The standard InChI is InChI=1S/C12H11BrN2O2S/c13-8-3-1-2-7(4-8)10-6-18-12(15-10)9(14)5-11(16)17/h1-4,6,9H,5,14H2,(H,16,17). The van der Waals surface area contributed by atoms with Gasteiger partial charge in [0, 0.05) is 15.4 Å². The van der Waals surface area contributed by atoms with Crippen molar-refractivity contribution < 1.29 is 9.90 Å². The van der Waals surface area contributed by atoms with E-state index in [1.165, 1.54) is 11.3 Å². The third-order valence-corrected chi connectivity index (χ3v) is 3.82. The summed E-state index contributed by atoms with van der Waals surface area (Å²) in [5.41, 5.74) is 7.57. The molecule has 0 aliphatic carbocycles. The predicted octanol–water partition coefficient (Wildman–Crippen LogP) is 3.05. The van der Waals surface area contributed by atoms with E-state index in [4.69, 9.17) is 10.8 Å². The highest BCUT2D eigenvalue weighted by Gasteiger charge is 2.15. The average Bonchev–Trinajstić information content (AvgIpc) is 2.77. The molecule has 2 aromatic rings. The number of carboxylic acid groups (broad SMARTS) is 1. The summed E-state index contributed by atoms with van der Waals surface area (Å²) >= 11 is 4.79. The summed E-state index contributed by atoms with van der Waals surface area (Å²) in [6.45, 7) is 0. The number of aromatic nitrogens is 1. The summed E-state index contributed by atoms with van der Waals surface area (Å²) in [7, 11) is 0. The zero-order valence-corrected chi connectivity index (χ0v) is 11.7. The van der Waals surface area contributed by atoms with E-state index in [1.807, 2.05) is 29.6 Å². The van der Waals surface area contributed by atoms with E-state index in [1.54, 1.807) is 0 Å². The highest BCUT2D eigenvalue weighted by atomic mass is 79.9. The van der Waals surface area contributed by atoms with Gasteiger partial charge < -0.3 is 10.8 Å². The van der Waals surface area contributed by atoms with Crippen molar-refractivity contribution in [2.75, 3.05) is 0 Å². The summed E-state index contributed by atoms with van der Waals surface area (Å²) in [5.74, 6) is -0.915. The number of thiazole rings is 1. The molecule has 0 bridgehead atoms. The van der Waals surface area contributed by atoms with E-state index in [9.17, 15) is 4.79 Å². The summed E-state index contributed by atoms with van der Waals surface area (Å²) in [5, 5.41) is 11.2. The number of aliphatic carboxylic acids is 1. The predicted molar refractivity (Wildman–Crippen MR) is 74.4 cm³/mol. The SMILES string of the molecule is NC(CC(=O)O)c1nc(-c2cccc(Br)c2)cs1. The van der Waals surface area contributed by atoms with Gasteiger partial charge in [0.2, 0.25) is 0 Å². The molecular formula is C12H11BrN2O2S. The van der Waals surface area contributed by atoms with Crippen LogP contribution in [0.5, 0.6) is 0 Å². The Morgan fingerprint density at radius 1 is 1.56 bits per heavy atom. The molecule has 0 saturated carbocycles. The molecule has 3 N–H and O–H groups in total. The van der Waals surface area contributed by atoms with E-state index in [2.05, 4.69) is 20.9 Å². The van der Waals surface area contributed by atoms with Crippen molar-refractivity contribution in [3.05, 3.63) is 39.1 Å². The Morgan fingerprint density at radius 2 is 2.33 bits per heavy atom. The Morgan fingerprint density at radius 3 is 3.00 bits per heavy atom. The second kappa shape index (κ2) is 5.60. The van der Waals surface area contributed by atoms with E-state index in [0.29, 0.717) is 5.01 Å². The van der Waals surface area contributed by atoms with Crippen molar-refractivity contribution in [3.8, 4) is 11.3 Å². The quantitative estimate of drug-likeness (QED) is 0.905. The topological polar surface area (TPSA) is 76.2 Å². The Balaban J connectivity index is 2.22. The fourth-order valence-corrected chi connectivity index (χ4v) is 2.74. The number of hydrogen-bond acceptors (Lipinski definition) is 4. The summed E-state index contributed by atoms with van der Waals surface area (Å²) in [6, 6.07) is 7.23. The second-order valence-corrected chi connectivity index (χ2v) is 5.59. The Labute approximate surface area is 117 Å². The van der Waals surface area contributed by atoms with Crippen LogP contribution in [0.25, 0.3) is 11.3 Å². The number of benzene rings is 1. The molecule has 1 heterocycles. The van der Waals surface area contributed by atoms with Crippen LogP contribution in [0.15, 0.2) is 34.1 Å². The Hall–Kier alpha value is -1.24. The number of carbonyl (C=O) groups is 1. The van der Waals surface area contributed by atoms with Crippen LogP contribution in [-0.2, 0) is 4.79 Å². The fourth-order valence-electron chi connectivity index (χ4n) is 1.51. The molecule has 0 fully saturated rings. The summed E-state index contributed by atoms with van der Waals surface area (Å²) in [6.07, 6.45) is -0.106. The van der Waals surface area contributed by atoms with E-state index < -0.39 is 12.0 Å². The lowest BCUT2D eigenvalue weighted by molar-refractivity contribution is -0.137. The lowest BCUT2D eigenvalue weighted by Crippen LogP contribution is -2.14. The number of rotatable bonds is 4. The van der Waals surface area contributed by atoms with Crippen molar-refractivity contribution >= 4 is 33.2 Å². The molecule has 94 valence electrons. The van der Waals surface area contributed by atoms with Crippen molar-refractivity contribution in [1.82, 2.24) is 4.98 Å². The first-order chi connectivity index (χ1) is 8.56. The van der Waals surface area contributed by atoms with Gasteiger partial charge in [0.1, 0.15) is 5.01 Å². The third kappa shape index (κ3) is 3.16. The average molecular weight is 327 g/mol. The molecule has 0 saturated heterocycles. The molecule has 0 aliphatic rings. The second-order valence-electron chi connectivity index (χ2n) is 3.79. The van der Waals surface area contributed by atoms with Crippen molar-refractivity contribution in [2.45, 2.75) is 12.5 Å². The van der Waals surface area contributed by atoms with Gasteiger partial charge in [0.15, 0.2) is 0 Å². The lowest BCUT2D eigenvalue weighted by atomic mass is 10.2. The lowest BCUT2D eigenvalue weighted by Gasteiger charge is -2.03. The zero-order chi connectivity index (χ0) is 13.1. The zero-order valence-electron chi connectivity index (χ0n) is 9.34. The minimum absolute atomic E-state index is 0.106. The first-order valence-corrected chi connectivity index (χ1v) is 6.92. The molecule has 1 aromatic carbocycles. The number of nitrogens with zero attached hydrogens (tertiary/aromatic N) is 1. The smallest absolute Gasteiger partial charge is 0.305 e. The van der Waals surface area contributed by atoms with Crippen molar-refractivity contribution in [3.63, 3.8) is 0 Å². The number of carboxylic acids is 1. The summed E-state index contributed by atoms with van der Waals surface area (Å²) < 4.78 is 0.976. The molecule has 1 unspecified atom stereocenters. The largest absolute Gasteiger partial charge is 0.481 e. The molecule has 0 aliphatic heterocycles. The highest BCUT2D eigenvalue weighted by molar-refractivity contribution is 9.10. The van der Waals surface area contributed by atoms with Crippen LogP contribution < -0.4 is 5.73 Å². The van der Waals surface area contributed by atoms with Gasteiger partial charge in [-0.25, -0.2) is 4.98 Å². The summed E-state index contributed by atoms with van der Waals surface area (Å²) in [4.78, 5) is 15.0. The molecule has 1 atom stereocenters. The maximum Gasteiger partial charge on any atom is 0.305 e. The van der Waals surface area contributed by atoms with Crippen LogP contribution in [0.1, 0.15) is 17.5 Å². The molecule has 18 heavy (non-hydrogen) atoms. The van der Waals surface area contributed by atoms with Crippen LogP contribution in [0.4, 0.5) is 0 Å². The van der Waals surface area contributed by atoms with Crippen molar-refractivity contribution in [2.24, 2.45) is 5.73 Å². The van der Waals surface area contributed by atoms with E-state index >= 15 is 0 Å². The monoisotopic (exact) mass is 326 g/mol. The molecular weight excluding hydrogens is 316 g/mol. The first kappa shape index (κ1) is 13.2. The molecule has 0 radical (unpaired) electrons. The van der Waals surface area contributed by atoms with Gasteiger partial charge in [-0.1, -0.05) is 28.1 Å². The fraction of sp³-hybridized carbons (Fsp3) is 0.167. The third-order valence-electron chi connectivity index (χ3n) is 2.35. The van der Waals surface area contributed by atoms with E-state index in [-0.39, 0.29) is 6.42 Å². The van der Waals surface area contributed by atoms with Gasteiger partial charge in [-0.3, -0.25) is 4.79 Å². The number of halogens is 1. The van der Waals surface area contributed by atoms with E-state index in [0.717, 1.165) is 15.7 Å². The maximum atomic E-state index is 10.6. The van der Waals surface area contributed by atoms with Gasteiger partial charge >= 0.3 is 5.97 Å². The maximum absolute atomic E-state index is 10.6. The minimum Gasteiger partial charge on any atom is -0.481 e. The normalized spacial score (nSPS) is 12.3. The Bertz CT molecular complexity index is 571. The number of nitrogens with two attached hydrogens (primary N) is 1.